The number of thiophene rings is 1. The molecule has 0 aliphatic heterocycles. The van der Waals surface area contributed by atoms with Crippen molar-refractivity contribution >= 4 is 21.4 Å². The normalized spacial score (nSPS) is 12.5. The lowest BCUT2D eigenvalue weighted by molar-refractivity contribution is 0.356. The van der Waals surface area contributed by atoms with Crippen LogP contribution in [0.1, 0.15) is 18.2 Å². The molecule has 0 radical (unpaired) electrons. The summed E-state index contributed by atoms with van der Waals surface area (Å²) in [6.45, 7) is 4.54. The van der Waals surface area contributed by atoms with Crippen LogP contribution < -0.4 is 5.32 Å². The lowest BCUT2D eigenvalue weighted by atomic mass is 10.4. The molecule has 0 amide bonds. The fourth-order valence-corrected chi connectivity index (χ4v) is 4.69. The minimum atomic E-state index is -3.35. The molecule has 0 bridgehead atoms. The molecule has 0 aliphatic carbocycles. The summed E-state index contributed by atoms with van der Waals surface area (Å²) in [6.07, 6.45) is 0.841. The van der Waals surface area contributed by atoms with Gasteiger partial charge in [0, 0.05) is 29.9 Å². The van der Waals surface area contributed by atoms with E-state index in [9.17, 15) is 8.42 Å². The highest BCUT2D eigenvalue weighted by Gasteiger charge is 2.23. The van der Waals surface area contributed by atoms with Gasteiger partial charge in [-0.15, -0.1) is 11.3 Å². The first-order valence-electron chi connectivity index (χ1n) is 6.78. The second-order valence-corrected chi connectivity index (χ2v) is 7.87. The molecule has 0 spiro atoms. The topological polar surface area (TPSA) is 52.7 Å². The molecule has 116 valence electrons. The lowest BCUT2D eigenvalue weighted by Crippen LogP contribution is -2.33. The molecule has 0 aliphatic rings. The van der Waals surface area contributed by atoms with Gasteiger partial charge in [-0.2, -0.15) is 4.31 Å². The first kappa shape index (κ1) is 17.6. The second-order valence-electron chi connectivity index (χ2n) is 4.93. The Morgan fingerprint density at radius 1 is 1.30 bits per heavy atom. The summed E-state index contributed by atoms with van der Waals surface area (Å²) in [7, 11) is 2.49. The molecule has 1 rings (SSSR count). The van der Waals surface area contributed by atoms with E-state index in [1.54, 1.807) is 15.8 Å². The van der Waals surface area contributed by atoms with E-state index >= 15 is 0 Å². The van der Waals surface area contributed by atoms with Crippen LogP contribution in [0, 0.1) is 0 Å². The first-order chi connectivity index (χ1) is 9.41. The van der Waals surface area contributed by atoms with E-state index in [1.165, 1.54) is 11.3 Å². The van der Waals surface area contributed by atoms with Crippen LogP contribution in [0.5, 0.6) is 0 Å². The average Bonchev–Trinajstić information content (AvgIpc) is 2.84. The minimum absolute atomic E-state index is 0.416. The van der Waals surface area contributed by atoms with E-state index in [2.05, 4.69) is 10.2 Å². The number of hydrogen-bond donors (Lipinski definition) is 1. The second kappa shape index (κ2) is 8.09. The van der Waals surface area contributed by atoms with E-state index in [4.69, 9.17) is 0 Å². The monoisotopic (exact) mass is 319 g/mol. The van der Waals surface area contributed by atoms with Crippen LogP contribution in [-0.2, 0) is 16.6 Å². The van der Waals surface area contributed by atoms with Crippen molar-refractivity contribution in [3.05, 3.63) is 16.3 Å². The van der Waals surface area contributed by atoms with E-state index < -0.39 is 10.0 Å². The molecule has 0 fully saturated rings. The first-order valence-corrected chi connectivity index (χ1v) is 9.10. The largest absolute Gasteiger partial charge is 0.315 e. The summed E-state index contributed by atoms with van der Waals surface area (Å²) in [6, 6.07) is 1.77. The molecule has 1 N–H and O–H groups in total. The molecule has 20 heavy (non-hydrogen) atoms. The average molecular weight is 319 g/mol. The van der Waals surface area contributed by atoms with Crippen LogP contribution in [0.2, 0.25) is 0 Å². The Bertz CT molecular complexity index is 497. The maximum Gasteiger partial charge on any atom is 0.243 e. The standard InChI is InChI=1S/C13H25N3O2S2/c1-5-16(8-6-7-15(3)4)20(17,18)13-9-12(10-14-2)19-11-13/h9,11,14H,5-8,10H2,1-4H3. The molecule has 7 heteroatoms. The van der Waals surface area contributed by atoms with Gasteiger partial charge in [-0.05, 0) is 40.2 Å². The van der Waals surface area contributed by atoms with Crippen molar-refractivity contribution in [2.24, 2.45) is 0 Å². The molecule has 0 unspecified atom stereocenters. The minimum Gasteiger partial charge on any atom is -0.315 e. The quantitative estimate of drug-likeness (QED) is 0.748. The summed E-state index contributed by atoms with van der Waals surface area (Å²) >= 11 is 1.48. The zero-order chi connectivity index (χ0) is 15.2. The molecular weight excluding hydrogens is 294 g/mol. The molecule has 1 aromatic rings. The number of sulfonamides is 1. The van der Waals surface area contributed by atoms with Crippen LogP contribution in [0.15, 0.2) is 16.3 Å². The Kier molecular flexibility index (Phi) is 7.11. The van der Waals surface area contributed by atoms with Gasteiger partial charge in [0.15, 0.2) is 0 Å². The van der Waals surface area contributed by atoms with Crippen molar-refractivity contribution in [1.29, 1.82) is 0 Å². The summed E-state index contributed by atoms with van der Waals surface area (Å²) in [5.41, 5.74) is 0. The van der Waals surface area contributed by atoms with Crippen molar-refractivity contribution in [2.45, 2.75) is 24.8 Å². The third-order valence-corrected chi connectivity index (χ3v) is 6.02. The predicted octanol–water partition coefficient (Wildman–Crippen LogP) is 1.43. The van der Waals surface area contributed by atoms with Crippen molar-refractivity contribution in [1.82, 2.24) is 14.5 Å². The zero-order valence-electron chi connectivity index (χ0n) is 12.7. The zero-order valence-corrected chi connectivity index (χ0v) is 14.4. The molecular formula is C13H25N3O2S2. The Balaban J connectivity index is 2.77. The highest BCUT2D eigenvalue weighted by Crippen LogP contribution is 2.22. The van der Waals surface area contributed by atoms with Gasteiger partial charge < -0.3 is 10.2 Å². The van der Waals surface area contributed by atoms with Gasteiger partial charge in [-0.25, -0.2) is 8.42 Å². The van der Waals surface area contributed by atoms with E-state index in [-0.39, 0.29) is 0 Å². The molecule has 5 nitrogen and oxygen atoms in total. The van der Waals surface area contributed by atoms with E-state index in [1.807, 2.05) is 28.1 Å². The third kappa shape index (κ3) is 4.82. The fourth-order valence-electron chi connectivity index (χ4n) is 1.92. The van der Waals surface area contributed by atoms with Crippen molar-refractivity contribution in [3.8, 4) is 0 Å². The highest BCUT2D eigenvalue weighted by atomic mass is 32.2. The van der Waals surface area contributed by atoms with Gasteiger partial charge in [-0.3, -0.25) is 0 Å². The van der Waals surface area contributed by atoms with Crippen LogP contribution in [0.3, 0.4) is 0 Å². The smallest absolute Gasteiger partial charge is 0.243 e. The highest BCUT2D eigenvalue weighted by molar-refractivity contribution is 7.89. The van der Waals surface area contributed by atoms with Crippen LogP contribution in [-0.4, -0.2) is 58.4 Å². The summed E-state index contributed by atoms with van der Waals surface area (Å²) in [5.74, 6) is 0. The van der Waals surface area contributed by atoms with Crippen LogP contribution in [0.4, 0.5) is 0 Å². The van der Waals surface area contributed by atoms with Gasteiger partial charge in [0.2, 0.25) is 10.0 Å². The molecule has 1 aromatic heterocycles. The van der Waals surface area contributed by atoms with Gasteiger partial charge >= 0.3 is 0 Å². The molecule has 0 saturated carbocycles. The summed E-state index contributed by atoms with van der Waals surface area (Å²) in [5, 5.41) is 4.77. The van der Waals surface area contributed by atoms with E-state index in [0.717, 1.165) is 17.8 Å². The van der Waals surface area contributed by atoms with E-state index in [0.29, 0.717) is 24.5 Å². The molecule has 0 saturated heterocycles. The van der Waals surface area contributed by atoms with Crippen LogP contribution in [0.25, 0.3) is 0 Å². The Morgan fingerprint density at radius 2 is 2.00 bits per heavy atom. The number of hydrogen-bond acceptors (Lipinski definition) is 5. The molecule has 0 aromatic carbocycles. The number of nitrogens with zero attached hydrogens (tertiary/aromatic N) is 2. The summed E-state index contributed by atoms with van der Waals surface area (Å²) < 4.78 is 26.7. The Labute approximate surface area is 126 Å². The van der Waals surface area contributed by atoms with Crippen molar-refractivity contribution in [3.63, 3.8) is 0 Å². The van der Waals surface area contributed by atoms with Crippen LogP contribution >= 0.6 is 11.3 Å². The van der Waals surface area contributed by atoms with Gasteiger partial charge in [0.1, 0.15) is 0 Å². The SMILES string of the molecule is CCN(CCCN(C)C)S(=O)(=O)c1csc(CNC)c1. The lowest BCUT2D eigenvalue weighted by Gasteiger charge is -2.20. The maximum atomic E-state index is 12.6. The Morgan fingerprint density at radius 3 is 2.55 bits per heavy atom. The predicted molar refractivity (Wildman–Crippen MR) is 84.7 cm³/mol. The Hall–Kier alpha value is -0.470. The van der Waals surface area contributed by atoms with Gasteiger partial charge in [-0.1, -0.05) is 6.92 Å². The van der Waals surface area contributed by atoms with Crippen molar-refractivity contribution in [2.75, 3.05) is 40.8 Å². The van der Waals surface area contributed by atoms with Gasteiger partial charge in [0.25, 0.3) is 0 Å². The van der Waals surface area contributed by atoms with Crippen molar-refractivity contribution < 1.29 is 8.42 Å². The fraction of sp³-hybridized carbons (Fsp3) is 0.692. The molecule has 1 heterocycles. The molecule has 0 atom stereocenters. The maximum absolute atomic E-state index is 12.6. The number of nitrogens with one attached hydrogen (secondary N) is 1. The third-order valence-electron chi connectivity index (χ3n) is 2.98. The summed E-state index contributed by atoms with van der Waals surface area (Å²) in [4.78, 5) is 3.52. The number of rotatable bonds is 9. The van der Waals surface area contributed by atoms with Gasteiger partial charge in [0.05, 0.1) is 4.90 Å².